The Hall–Kier alpha value is -1.39. The minimum atomic E-state index is 0.402. The van der Waals surface area contributed by atoms with E-state index in [4.69, 9.17) is 11.6 Å². The first-order chi connectivity index (χ1) is 8.78. The van der Waals surface area contributed by atoms with Crippen molar-refractivity contribution < 1.29 is 0 Å². The first kappa shape index (κ1) is 11.7. The van der Waals surface area contributed by atoms with Crippen LogP contribution >= 0.6 is 22.9 Å². The zero-order valence-electron chi connectivity index (χ0n) is 9.93. The molecule has 0 aliphatic heterocycles. The summed E-state index contributed by atoms with van der Waals surface area (Å²) < 4.78 is 2.09. The first-order valence-electron chi connectivity index (χ1n) is 5.66. The molecule has 0 bridgehead atoms. The van der Waals surface area contributed by atoms with Crippen molar-refractivity contribution in [3.8, 4) is 0 Å². The number of aryl methyl sites for hydroxylation is 1. The minimum Gasteiger partial charge on any atom is -0.307 e. The molecule has 92 valence electrons. The normalized spacial score (nSPS) is 11.2. The van der Waals surface area contributed by atoms with Crippen molar-refractivity contribution in [2.24, 2.45) is 0 Å². The second-order valence-electron chi connectivity index (χ2n) is 4.23. The molecule has 0 atom stereocenters. The molecule has 3 nitrogen and oxygen atoms in total. The van der Waals surface area contributed by atoms with Crippen LogP contribution in [0.4, 0.5) is 0 Å². The molecule has 3 aromatic rings. The Kier molecular flexibility index (Phi) is 3.06. The summed E-state index contributed by atoms with van der Waals surface area (Å²) in [7, 11) is 0. The molecule has 0 fully saturated rings. The van der Waals surface area contributed by atoms with Crippen molar-refractivity contribution in [1.82, 2.24) is 14.5 Å². The van der Waals surface area contributed by atoms with E-state index in [9.17, 15) is 0 Å². The molecule has 0 N–H and O–H groups in total. The van der Waals surface area contributed by atoms with Crippen LogP contribution in [0.1, 0.15) is 17.0 Å². The van der Waals surface area contributed by atoms with Crippen molar-refractivity contribution in [1.29, 1.82) is 0 Å². The number of rotatable bonds is 3. The van der Waals surface area contributed by atoms with Gasteiger partial charge in [0.1, 0.15) is 11.3 Å². The number of halogens is 1. The van der Waals surface area contributed by atoms with Gasteiger partial charge in [0.15, 0.2) is 5.65 Å². The lowest BCUT2D eigenvalue weighted by Crippen LogP contribution is -2.03. The monoisotopic (exact) mass is 277 g/mol. The molecule has 5 heteroatoms. The van der Waals surface area contributed by atoms with Gasteiger partial charge in [-0.25, -0.2) is 9.97 Å². The van der Waals surface area contributed by atoms with Gasteiger partial charge >= 0.3 is 0 Å². The zero-order chi connectivity index (χ0) is 12.5. The first-order valence-corrected chi connectivity index (χ1v) is 7.14. The Labute approximate surface area is 114 Å². The highest BCUT2D eigenvalue weighted by atomic mass is 35.5. The molecule has 0 radical (unpaired) electrons. The second kappa shape index (κ2) is 4.71. The van der Waals surface area contributed by atoms with Crippen molar-refractivity contribution >= 4 is 34.1 Å². The van der Waals surface area contributed by atoms with E-state index in [2.05, 4.69) is 31.4 Å². The minimum absolute atomic E-state index is 0.402. The fourth-order valence-corrected chi connectivity index (χ4v) is 2.86. The van der Waals surface area contributed by atoms with E-state index in [0.29, 0.717) is 5.88 Å². The summed E-state index contributed by atoms with van der Waals surface area (Å²) in [5.41, 5.74) is 4.19. The third-order valence-electron chi connectivity index (χ3n) is 2.84. The Morgan fingerprint density at radius 1 is 1.44 bits per heavy atom. The number of imidazole rings is 1. The highest BCUT2D eigenvalue weighted by molar-refractivity contribution is 7.07. The van der Waals surface area contributed by atoms with Crippen LogP contribution in [0.25, 0.3) is 11.2 Å². The van der Waals surface area contributed by atoms with Gasteiger partial charge in [-0.3, -0.25) is 0 Å². The van der Waals surface area contributed by atoms with Gasteiger partial charge in [0.25, 0.3) is 0 Å². The molecular weight excluding hydrogens is 266 g/mol. The Morgan fingerprint density at radius 2 is 2.33 bits per heavy atom. The van der Waals surface area contributed by atoms with Crippen LogP contribution in [0.3, 0.4) is 0 Å². The van der Waals surface area contributed by atoms with Crippen LogP contribution in [0.2, 0.25) is 0 Å². The number of thiophene rings is 1. The molecule has 0 unspecified atom stereocenters. The van der Waals surface area contributed by atoms with Crippen molar-refractivity contribution in [2.45, 2.75) is 19.3 Å². The lowest BCUT2D eigenvalue weighted by Gasteiger charge is -2.05. The highest BCUT2D eigenvalue weighted by Crippen LogP contribution is 2.19. The third kappa shape index (κ3) is 2.02. The molecule has 0 saturated heterocycles. The molecular formula is C13H12ClN3S. The van der Waals surface area contributed by atoms with Crippen molar-refractivity contribution in [3.63, 3.8) is 0 Å². The fraction of sp³-hybridized carbons (Fsp3) is 0.231. The molecule has 0 amide bonds. The van der Waals surface area contributed by atoms with Gasteiger partial charge in [0.05, 0.1) is 12.4 Å². The number of alkyl halides is 1. The lowest BCUT2D eigenvalue weighted by atomic mass is 10.3. The quantitative estimate of drug-likeness (QED) is 0.685. The molecule has 18 heavy (non-hydrogen) atoms. The summed E-state index contributed by atoms with van der Waals surface area (Å²) in [6.07, 6.45) is 1.87. The van der Waals surface area contributed by atoms with E-state index >= 15 is 0 Å². The van der Waals surface area contributed by atoms with E-state index in [1.54, 1.807) is 11.3 Å². The largest absolute Gasteiger partial charge is 0.307 e. The maximum Gasteiger partial charge on any atom is 0.160 e. The molecule has 0 spiro atoms. The number of nitrogens with zero attached hydrogens (tertiary/aromatic N) is 3. The average Bonchev–Trinajstić information content (AvgIpc) is 2.97. The molecule has 3 heterocycles. The molecule has 0 aromatic carbocycles. The number of fused-ring (bicyclic) bond motifs is 1. The van der Waals surface area contributed by atoms with Crippen LogP contribution in [0.15, 0.2) is 29.1 Å². The summed E-state index contributed by atoms with van der Waals surface area (Å²) in [6, 6.07) is 4.16. The lowest BCUT2D eigenvalue weighted by molar-refractivity contribution is 0.772. The SMILES string of the molecule is Cc1cnc2c(c1)nc(CCl)n2Cc1ccsc1. The predicted molar refractivity (Wildman–Crippen MR) is 75.2 cm³/mol. The molecule has 0 aliphatic rings. The molecule has 0 aliphatic carbocycles. The Morgan fingerprint density at radius 3 is 3.06 bits per heavy atom. The summed E-state index contributed by atoms with van der Waals surface area (Å²) in [4.78, 5) is 9.02. The molecule has 3 aromatic heterocycles. The van der Waals surface area contributed by atoms with Crippen molar-refractivity contribution in [3.05, 3.63) is 46.0 Å². The van der Waals surface area contributed by atoms with E-state index in [0.717, 1.165) is 29.1 Å². The molecule has 3 rings (SSSR count). The van der Waals surface area contributed by atoms with Gasteiger partial charge in [0.2, 0.25) is 0 Å². The van der Waals surface area contributed by atoms with Crippen LogP contribution in [0, 0.1) is 6.92 Å². The summed E-state index contributed by atoms with van der Waals surface area (Å²) in [6.45, 7) is 2.79. The Balaban J connectivity index is 2.13. The highest BCUT2D eigenvalue weighted by Gasteiger charge is 2.11. The van der Waals surface area contributed by atoms with E-state index in [1.165, 1.54) is 5.56 Å². The van der Waals surface area contributed by atoms with Crippen LogP contribution in [-0.4, -0.2) is 14.5 Å². The third-order valence-corrected chi connectivity index (χ3v) is 3.81. The van der Waals surface area contributed by atoms with Gasteiger partial charge < -0.3 is 4.57 Å². The number of pyridine rings is 1. The van der Waals surface area contributed by atoms with E-state index in [-0.39, 0.29) is 0 Å². The van der Waals surface area contributed by atoms with Crippen LogP contribution in [0.5, 0.6) is 0 Å². The van der Waals surface area contributed by atoms with Gasteiger partial charge in [-0.2, -0.15) is 11.3 Å². The van der Waals surface area contributed by atoms with E-state index in [1.807, 2.05) is 19.2 Å². The van der Waals surface area contributed by atoms with Gasteiger partial charge in [-0.15, -0.1) is 11.6 Å². The summed E-state index contributed by atoms with van der Waals surface area (Å²) in [5.74, 6) is 1.27. The smallest absolute Gasteiger partial charge is 0.160 e. The van der Waals surface area contributed by atoms with E-state index < -0.39 is 0 Å². The number of aromatic nitrogens is 3. The fourth-order valence-electron chi connectivity index (χ4n) is 1.99. The van der Waals surface area contributed by atoms with Crippen LogP contribution < -0.4 is 0 Å². The zero-order valence-corrected chi connectivity index (χ0v) is 11.5. The van der Waals surface area contributed by atoms with Gasteiger partial charge in [-0.1, -0.05) is 0 Å². The second-order valence-corrected chi connectivity index (χ2v) is 5.28. The maximum atomic E-state index is 5.97. The van der Waals surface area contributed by atoms with Gasteiger partial charge in [0, 0.05) is 6.20 Å². The molecule has 0 saturated carbocycles. The Bertz CT molecular complexity index is 673. The number of hydrogen-bond donors (Lipinski definition) is 0. The maximum absolute atomic E-state index is 5.97. The predicted octanol–water partition coefficient (Wildman–Crippen LogP) is 3.59. The van der Waals surface area contributed by atoms with Gasteiger partial charge in [-0.05, 0) is 40.9 Å². The topological polar surface area (TPSA) is 30.7 Å². The van der Waals surface area contributed by atoms with Crippen molar-refractivity contribution in [2.75, 3.05) is 0 Å². The number of hydrogen-bond acceptors (Lipinski definition) is 3. The summed E-state index contributed by atoms with van der Waals surface area (Å²) >= 11 is 7.67. The average molecular weight is 278 g/mol. The standard InChI is InChI=1S/C13H12ClN3S/c1-9-4-11-13(15-6-9)17(12(5-14)16-11)7-10-2-3-18-8-10/h2-4,6,8H,5,7H2,1H3. The summed E-state index contributed by atoms with van der Waals surface area (Å²) in [5, 5.41) is 4.21. The van der Waals surface area contributed by atoms with Crippen LogP contribution in [-0.2, 0) is 12.4 Å².